The first-order chi connectivity index (χ1) is 6.92. The van der Waals surface area contributed by atoms with Gasteiger partial charge >= 0.3 is 6.09 Å². The molecular weight excluding hydrogens is 192 g/mol. The zero-order chi connectivity index (χ0) is 11.2. The van der Waals surface area contributed by atoms with Gasteiger partial charge in [-0.15, -0.1) is 0 Å². The fourth-order valence-electron chi connectivity index (χ4n) is 2.19. The van der Waals surface area contributed by atoms with Crippen LogP contribution in [0.3, 0.4) is 0 Å². The molecule has 0 unspecified atom stereocenters. The number of fused-ring (bicyclic) bond motifs is 1. The summed E-state index contributed by atoms with van der Waals surface area (Å²) in [5.41, 5.74) is -0.432. The summed E-state index contributed by atoms with van der Waals surface area (Å²) in [6.45, 7) is 6.97. The number of rotatable bonds is 0. The number of hydrogen-bond acceptors (Lipinski definition) is 3. The summed E-state index contributed by atoms with van der Waals surface area (Å²) in [6.07, 6.45) is -0.244. The second-order valence-electron chi connectivity index (χ2n) is 5.37. The highest BCUT2D eigenvalue weighted by atomic mass is 16.6. The van der Waals surface area contributed by atoms with E-state index in [4.69, 9.17) is 10.00 Å². The summed E-state index contributed by atoms with van der Waals surface area (Å²) in [7, 11) is 0. The molecule has 82 valence electrons. The minimum Gasteiger partial charge on any atom is -0.444 e. The molecule has 2 rings (SSSR count). The largest absolute Gasteiger partial charge is 0.444 e. The van der Waals surface area contributed by atoms with E-state index in [2.05, 4.69) is 6.07 Å². The highest BCUT2D eigenvalue weighted by Gasteiger charge is 2.57. The van der Waals surface area contributed by atoms with Crippen molar-refractivity contribution in [1.29, 1.82) is 5.26 Å². The minimum atomic E-state index is -0.432. The van der Waals surface area contributed by atoms with Crippen LogP contribution in [0.2, 0.25) is 0 Å². The lowest BCUT2D eigenvalue weighted by Crippen LogP contribution is -2.36. The predicted molar refractivity (Wildman–Crippen MR) is 53.9 cm³/mol. The van der Waals surface area contributed by atoms with E-state index >= 15 is 0 Å². The van der Waals surface area contributed by atoms with Crippen LogP contribution in [0, 0.1) is 29.1 Å². The van der Waals surface area contributed by atoms with Gasteiger partial charge in [-0.25, -0.2) is 4.79 Å². The maximum Gasteiger partial charge on any atom is 0.410 e. The molecule has 1 saturated heterocycles. The molecule has 0 aromatic rings. The van der Waals surface area contributed by atoms with Crippen molar-refractivity contribution in [2.75, 3.05) is 13.1 Å². The first-order valence-electron chi connectivity index (χ1n) is 5.30. The Morgan fingerprint density at radius 2 is 1.93 bits per heavy atom. The van der Waals surface area contributed by atoms with Crippen molar-refractivity contribution in [2.24, 2.45) is 17.8 Å². The molecule has 0 spiro atoms. The zero-order valence-corrected chi connectivity index (χ0v) is 9.36. The molecule has 2 aliphatic rings. The van der Waals surface area contributed by atoms with Gasteiger partial charge in [-0.3, -0.25) is 0 Å². The molecule has 3 atom stereocenters. The van der Waals surface area contributed by atoms with Crippen LogP contribution >= 0.6 is 0 Å². The Morgan fingerprint density at radius 3 is 2.33 bits per heavy atom. The van der Waals surface area contributed by atoms with Crippen molar-refractivity contribution in [1.82, 2.24) is 4.90 Å². The van der Waals surface area contributed by atoms with Gasteiger partial charge in [-0.1, -0.05) is 0 Å². The van der Waals surface area contributed by atoms with Gasteiger partial charge in [0.1, 0.15) is 5.60 Å². The second-order valence-corrected chi connectivity index (χ2v) is 5.37. The van der Waals surface area contributed by atoms with E-state index in [1.54, 1.807) is 4.90 Å². The van der Waals surface area contributed by atoms with E-state index in [-0.39, 0.29) is 12.0 Å². The standard InChI is InChI=1S/C11H16N2O2/c1-11(2,3)15-10(14)13-5-8-7(4-12)9(8)6-13/h7-9H,5-6H2,1-3H3/t7-,8-,9+. The van der Waals surface area contributed by atoms with Crippen molar-refractivity contribution in [3.05, 3.63) is 0 Å². The van der Waals surface area contributed by atoms with E-state index in [1.165, 1.54) is 0 Å². The Bertz CT molecular complexity index is 314. The maximum atomic E-state index is 11.6. The van der Waals surface area contributed by atoms with E-state index in [9.17, 15) is 4.79 Å². The average Bonchev–Trinajstić information content (AvgIpc) is 2.54. The van der Waals surface area contributed by atoms with Crippen molar-refractivity contribution >= 4 is 6.09 Å². The van der Waals surface area contributed by atoms with Gasteiger partial charge in [0.05, 0.1) is 12.0 Å². The smallest absolute Gasteiger partial charge is 0.410 e. The zero-order valence-electron chi connectivity index (χ0n) is 9.36. The van der Waals surface area contributed by atoms with E-state index in [0.717, 1.165) is 0 Å². The number of ether oxygens (including phenoxy) is 1. The van der Waals surface area contributed by atoms with Crippen molar-refractivity contribution in [3.8, 4) is 6.07 Å². The van der Waals surface area contributed by atoms with Gasteiger partial charge in [0, 0.05) is 13.1 Å². The summed E-state index contributed by atoms with van der Waals surface area (Å²) in [5.74, 6) is 0.994. The van der Waals surface area contributed by atoms with Gasteiger partial charge in [0.15, 0.2) is 0 Å². The average molecular weight is 208 g/mol. The summed E-state index contributed by atoms with van der Waals surface area (Å²) in [4.78, 5) is 13.4. The van der Waals surface area contributed by atoms with Crippen LogP contribution in [0.5, 0.6) is 0 Å². The van der Waals surface area contributed by atoms with E-state index in [1.807, 2.05) is 20.8 Å². The minimum absolute atomic E-state index is 0.184. The van der Waals surface area contributed by atoms with Crippen LogP contribution in [0.15, 0.2) is 0 Å². The van der Waals surface area contributed by atoms with Crippen LogP contribution in [0.1, 0.15) is 20.8 Å². The van der Waals surface area contributed by atoms with Gasteiger partial charge in [0.2, 0.25) is 0 Å². The van der Waals surface area contributed by atoms with Crippen LogP contribution < -0.4 is 0 Å². The van der Waals surface area contributed by atoms with Gasteiger partial charge < -0.3 is 9.64 Å². The van der Waals surface area contributed by atoms with Crippen molar-refractivity contribution in [3.63, 3.8) is 0 Å². The lowest BCUT2D eigenvalue weighted by Gasteiger charge is -2.25. The summed E-state index contributed by atoms with van der Waals surface area (Å²) < 4.78 is 5.26. The lowest BCUT2D eigenvalue weighted by molar-refractivity contribution is 0.0269. The number of hydrogen-bond donors (Lipinski definition) is 0. The Morgan fingerprint density at radius 1 is 1.40 bits per heavy atom. The molecule has 2 fully saturated rings. The first-order valence-corrected chi connectivity index (χ1v) is 5.30. The van der Waals surface area contributed by atoms with E-state index in [0.29, 0.717) is 24.9 Å². The topological polar surface area (TPSA) is 53.3 Å². The van der Waals surface area contributed by atoms with Crippen LogP contribution in [0.4, 0.5) is 4.79 Å². The van der Waals surface area contributed by atoms with Crippen LogP contribution in [0.25, 0.3) is 0 Å². The third-order valence-electron chi connectivity index (χ3n) is 2.99. The number of carbonyl (C=O) groups is 1. The molecule has 0 N–H and O–H groups in total. The molecule has 1 amide bonds. The molecule has 15 heavy (non-hydrogen) atoms. The Hall–Kier alpha value is -1.24. The van der Waals surface area contributed by atoms with Crippen LogP contribution in [-0.4, -0.2) is 29.7 Å². The molecule has 1 saturated carbocycles. The number of carbonyl (C=O) groups excluding carboxylic acids is 1. The molecule has 1 aliphatic heterocycles. The normalized spacial score (nSPS) is 33.2. The second kappa shape index (κ2) is 3.13. The monoisotopic (exact) mass is 208 g/mol. The highest BCUT2D eigenvalue weighted by Crippen LogP contribution is 2.51. The molecule has 4 nitrogen and oxygen atoms in total. The molecular formula is C11H16N2O2. The SMILES string of the molecule is CC(C)(C)OC(=O)N1C[C@@H]2[C@@H](C#N)[C@@H]2C1. The maximum absolute atomic E-state index is 11.6. The van der Waals surface area contributed by atoms with Gasteiger partial charge in [-0.2, -0.15) is 5.26 Å². The van der Waals surface area contributed by atoms with E-state index < -0.39 is 5.60 Å². The molecule has 0 bridgehead atoms. The predicted octanol–water partition coefficient (Wildman–Crippen LogP) is 1.62. The Kier molecular flexibility index (Phi) is 2.14. The molecule has 1 heterocycles. The Balaban J connectivity index is 1.85. The Labute approximate surface area is 89.8 Å². The number of piperidine rings is 1. The lowest BCUT2D eigenvalue weighted by atomic mass is 10.2. The third kappa shape index (κ3) is 1.92. The van der Waals surface area contributed by atoms with Gasteiger partial charge in [-0.05, 0) is 32.6 Å². The highest BCUT2D eigenvalue weighted by molar-refractivity contribution is 5.69. The molecule has 0 aromatic carbocycles. The number of amides is 1. The summed E-state index contributed by atoms with van der Waals surface area (Å²) >= 11 is 0. The fourth-order valence-corrected chi connectivity index (χ4v) is 2.19. The summed E-state index contributed by atoms with van der Waals surface area (Å²) in [6, 6.07) is 2.27. The number of nitriles is 1. The van der Waals surface area contributed by atoms with Crippen molar-refractivity contribution < 1.29 is 9.53 Å². The number of likely N-dealkylation sites (tertiary alicyclic amines) is 1. The fraction of sp³-hybridized carbons (Fsp3) is 0.818. The summed E-state index contributed by atoms with van der Waals surface area (Å²) in [5, 5.41) is 8.74. The van der Waals surface area contributed by atoms with Crippen LogP contribution in [-0.2, 0) is 4.74 Å². The van der Waals surface area contributed by atoms with Crippen molar-refractivity contribution in [2.45, 2.75) is 26.4 Å². The van der Waals surface area contributed by atoms with Gasteiger partial charge in [0.25, 0.3) is 0 Å². The molecule has 0 radical (unpaired) electrons. The molecule has 0 aromatic heterocycles. The quantitative estimate of drug-likeness (QED) is 0.608. The number of nitrogens with zero attached hydrogens (tertiary/aromatic N) is 2. The molecule has 4 heteroatoms. The third-order valence-corrected chi connectivity index (χ3v) is 2.99. The molecule has 1 aliphatic carbocycles. The first kappa shape index (κ1) is 10.3.